The summed E-state index contributed by atoms with van der Waals surface area (Å²) in [6.07, 6.45) is 2.68. The van der Waals surface area contributed by atoms with Gasteiger partial charge < -0.3 is 25.8 Å². The van der Waals surface area contributed by atoms with E-state index in [1.807, 2.05) is 0 Å². The lowest BCUT2D eigenvalue weighted by Gasteiger charge is -2.32. The highest BCUT2D eigenvalue weighted by Crippen LogP contribution is 2.24. The van der Waals surface area contributed by atoms with E-state index in [9.17, 15) is 23.6 Å². The van der Waals surface area contributed by atoms with Gasteiger partial charge in [0.25, 0.3) is 0 Å². The molecule has 35 heavy (non-hydrogen) atoms. The molecular formula is C25H28FN5O4. The highest BCUT2D eigenvalue weighted by molar-refractivity contribution is 6.39. The van der Waals surface area contributed by atoms with E-state index in [0.29, 0.717) is 62.5 Å². The normalized spacial score (nSPS) is 16.2. The van der Waals surface area contributed by atoms with Gasteiger partial charge in [0.2, 0.25) is 5.91 Å². The Morgan fingerprint density at radius 2 is 1.66 bits per heavy atom. The first-order valence-electron chi connectivity index (χ1n) is 11.7. The number of carbonyl (C=O) groups excluding carboxylic acids is 4. The second kappa shape index (κ2) is 11.0. The summed E-state index contributed by atoms with van der Waals surface area (Å²) in [7, 11) is 0. The van der Waals surface area contributed by atoms with Crippen molar-refractivity contribution < 1.29 is 23.6 Å². The standard InChI is InChI=1S/C25H28FN5O4/c26-18-6-8-19(9-7-18)29-25(35)30-13-10-17(11-14-30)16-27-23(33)24(34)28-20-3-1-4-21(15-20)31-12-2-5-22(31)32/h1,3-4,6-9,15,17H,2,5,10-14,16H2,(H,27,33)(H,28,34)(H,29,35). The van der Waals surface area contributed by atoms with Gasteiger partial charge in [-0.25, -0.2) is 9.18 Å². The largest absolute Gasteiger partial charge is 0.348 e. The molecule has 9 nitrogen and oxygen atoms in total. The van der Waals surface area contributed by atoms with Crippen LogP contribution < -0.4 is 20.9 Å². The smallest absolute Gasteiger partial charge is 0.321 e. The number of nitrogens with zero attached hydrogens (tertiary/aromatic N) is 2. The van der Waals surface area contributed by atoms with Crippen molar-refractivity contribution in [2.75, 3.05) is 41.7 Å². The second-order valence-electron chi connectivity index (χ2n) is 8.73. The van der Waals surface area contributed by atoms with Crippen molar-refractivity contribution in [2.45, 2.75) is 25.7 Å². The quantitative estimate of drug-likeness (QED) is 0.570. The van der Waals surface area contributed by atoms with Gasteiger partial charge in [0.05, 0.1) is 0 Å². The van der Waals surface area contributed by atoms with Gasteiger partial charge in [0.1, 0.15) is 5.82 Å². The summed E-state index contributed by atoms with van der Waals surface area (Å²) >= 11 is 0. The molecule has 2 aromatic carbocycles. The topological polar surface area (TPSA) is 111 Å². The maximum Gasteiger partial charge on any atom is 0.321 e. The van der Waals surface area contributed by atoms with Gasteiger partial charge in [0.15, 0.2) is 0 Å². The highest BCUT2D eigenvalue weighted by Gasteiger charge is 2.25. The van der Waals surface area contributed by atoms with Crippen LogP contribution in [0.3, 0.4) is 0 Å². The van der Waals surface area contributed by atoms with E-state index in [0.717, 1.165) is 6.42 Å². The van der Waals surface area contributed by atoms with Gasteiger partial charge in [0, 0.05) is 49.7 Å². The van der Waals surface area contributed by atoms with Crippen molar-refractivity contribution in [1.29, 1.82) is 0 Å². The fourth-order valence-electron chi connectivity index (χ4n) is 4.25. The molecule has 2 heterocycles. The van der Waals surface area contributed by atoms with E-state index in [1.54, 1.807) is 34.1 Å². The summed E-state index contributed by atoms with van der Waals surface area (Å²) in [6.45, 7) is 2.01. The van der Waals surface area contributed by atoms with Crippen LogP contribution in [0.2, 0.25) is 0 Å². The number of amides is 5. The molecule has 2 aromatic rings. The molecule has 3 N–H and O–H groups in total. The minimum Gasteiger partial charge on any atom is -0.348 e. The Labute approximate surface area is 202 Å². The Kier molecular flexibility index (Phi) is 7.59. The summed E-state index contributed by atoms with van der Waals surface area (Å²) in [4.78, 5) is 52.3. The number of urea groups is 1. The maximum absolute atomic E-state index is 13.0. The lowest BCUT2D eigenvalue weighted by Crippen LogP contribution is -2.44. The molecule has 0 spiro atoms. The van der Waals surface area contributed by atoms with E-state index in [2.05, 4.69) is 16.0 Å². The zero-order valence-corrected chi connectivity index (χ0v) is 19.3. The molecule has 2 fully saturated rings. The monoisotopic (exact) mass is 481 g/mol. The average molecular weight is 482 g/mol. The number of anilines is 3. The number of nitrogens with one attached hydrogen (secondary N) is 3. The van der Waals surface area contributed by atoms with Crippen LogP contribution in [0.25, 0.3) is 0 Å². The van der Waals surface area contributed by atoms with Gasteiger partial charge >= 0.3 is 17.8 Å². The van der Waals surface area contributed by atoms with Gasteiger partial charge in [-0.3, -0.25) is 14.4 Å². The van der Waals surface area contributed by atoms with Crippen LogP contribution in [0.1, 0.15) is 25.7 Å². The first-order chi connectivity index (χ1) is 16.9. The third-order valence-corrected chi connectivity index (χ3v) is 6.24. The van der Waals surface area contributed by atoms with Crippen molar-refractivity contribution in [1.82, 2.24) is 10.2 Å². The van der Waals surface area contributed by atoms with Crippen LogP contribution in [-0.4, -0.2) is 54.8 Å². The lowest BCUT2D eigenvalue weighted by atomic mass is 9.97. The maximum atomic E-state index is 13.0. The van der Waals surface area contributed by atoms with E-state index in [4.69, 9.17) is 0 Å². The molecule has 0 saturated carbocycles. The van der Waals surface area contributed by atoms with Crippen molar-refractivity contribution >= 4 is 40.8 Å². The zero-order chi connectivity index (χ0) is 24.8. The summed E-state index contributed by atoms with van der Waals surface area (Å²) in [5.74, 6) is -1.68. The van der Waals surface area contributed by atoms with Gasteiger partial charge in [-0.2, -0.15) is 0 Å². The SMILES string of the molecule is O=C(NCC1CCN(C(=O)Nc2ccc(F)cc2)CC1)C(=O)Nc1cccc(N2CCCC2=O)c1. The minimum absolute atomic E-state index is 0.0465. The van der Waals surface area contributed by atoms with Crippen LogP contribution >= 0.6 is 0 Å². The molecule has 0 aromatic heterocycles. The third-order valence-electron chi connectivity index (χ3n) is 6.24. The van der Waals surface area contributed by atoms with Crippen LogP contribution in [0.15, 0.2) is 48.5 Å². The van der Waals surface area contributed by atoms with Crippen LogP contribution in [-0.2, 0) is 14.4 Å². The Morgan fingerprint density at radius 1 is 0.914 bits per heavy atom. The molecular weight excluding hydrogens is 453 g/mol. The molecule has 2 aliphatic rings. The van der Waals surface area contributed by atoms with Crippen LogP contribution in [0, 0.1) is 11.7 Å². The highest BCUT2D eigenvalue weighted by atomic mass is 19.1. The van der Waals surface area contributed by atoms with Crippen molar-refractivity contribution in [3.63, 3.8) is 0 Å². The molecule has 184 valence electrons. The first kappa shape index (κ1) is 24.2. The molecule has 0 aliphatic carbocycles. The Hall–Kier alpha value is -3.95. The van der Waals surface area contributed by atoms with E-state index >= 15 is 0 Å². The number of hydrogen-bond acceptors (Lipinski definition) is 4. The summed E-state index contributed by atoms with van der Waals surface area (Å²) in [5, 5.41) is 7.99. The van der Waals surface area contributed by atoms with Gasteiger partial charge in [-0.15, -0.1) is 0 Å². The Bertz CT molecular complexity index is 1100. The minimum atomic E-state index is -0.772. The number of benzene rings is 2. The second-order valence-corrected chi connectivity index (χ2v) is 8.73. The van der Waals surface area contributed by atoms with Gasteiger partial charge in [-0.1, -0.05) is 6.07 Å². The lowest BCUT2D eigenvalue weighted by molar-refractivity contribution is -0.136. The molecule has 0 radical (unpaired) electrons. The molecule has 5 amide bonds. The number of halogens is 1. The molecule has 10 heteroatoms. The number of piperidine rings is 1. The summed E-state index contributed by atoms with van der Waals surface area (Å²) in [6, 6.07) is 12.2. The first-order valence-corrected chi connectivity index (χ1v) is 11.7. The van der Waals surface area contributed by atoms with Crippen molar-refractivity contribution in [3.05, 3.63) is 54.3 Å². The number of likely N-dealkylation sites (tertiary alicyclic amines) is 1. The summed E-state index contributed by atoms with van der Waals surface area (Å²) < 4.78 is 13.0. The van der Waals surface area contributed by atoms with Crippen LogP contribution in [0.5, 0.6) is 0 Å². The molecule has 0 unspecified atom stereocenters. The number of hydrogen-bond donors (Lipinski definition) is 3. The summed E-state index contributed by atoms with van der Waals surface area (Å²) in [5.41, 5.74) is 1.66. The van der Waals surface area contributed by atoms with Crippen molar-refractivity contribution in [3.8, 4) is 0 Å². The Balaban J connectivity index is 1.19. The fraction of sp³-hybridized carbons (Fsp3) is 0.360. The molecule has 2 saturated heterocycles. The Morgan fingerprint density at radius 3 is 2.34 bits per heavy atom. The molecule has 0 atom stereocenters. The van der Waals surface area contributed by atoms with E-state index in [-0.39, 0.29) is 23.7 Å². The number of rotatable bonds is 5. The molecule has 4 rings (SSSR count). The van der Waals surface area contributed by atoms with E-state index in [1.165, 1.54) is 24.3 Å². The average Bonchev–Trinajstić information content (AvgIpc) is 3.30. The molecule has 2 aliphatic heterocycles. The fourth-order valence-corrected chi connectivity index (χ4v) is 4.25. The predicted molar refractivity (Wildman–Crippen MR) is 129 cm³/mol. The zero-order valence-electron chi connectivity index (χ0n) is 19.3. The predicted octanol–water partition coefficient (Wildman–Crippen LogP) is 2.95. The van der Waals surface area contributed by atoms with Gasteiger partial charge in [-0.05, 0) is 67.6 Å². The van der Waals surface area contributed by atoms with Crippen molar-refractivity contribution in [2.24, 2.45) is 5.92 Å². The molecule has 0 bridgehead atoms. The van der Waals surface area contributed by atoms with E-state index < -0.39 is 11.8 Å². The third kappa shape index (κ3) is 6.34. The number of carbonyl (C=O) groups is 4. The van der Waals surface area contributed by atoms with Crippen LogP contribution in [0.4, 0.5) is 26.2 Å².